The lowest BCUT2D eigenvalue weighted by atomic mass is 10.0. The molecule has 9 nitrogen and oxygen atoms in total. The predicted octanol–water partition coefficient (Wildman–Crippen LogP) is 0.975. The van der Waals surface area contributed by atoms with Crippen molar-refractivity contribution in [1.82, 2.24) is 19.8 Å². The number of carbonyl (C=O) groups is 1. The highest BCUT2D eigenvalue weighted by Crippen LogP contribution is 2.17. The van der Waals surface area contributed by atoms with Gasteiger partial charge < -0.3 is 24.5 Å². The summed E-state index contributed by atoms with van der Waals surface area (Å²) in [6.07, 6.45) is 0.805. The first kappa shape index (κ1) is 21.1. The number of fused-ring (bicyclic) bond motifs is 1. The minimum absolute atomic E-state index is 0.110. The van der Waals surface area contributed by atoms with Crippen LogP contribution in [-0.4, -0.2) is 70.6 Å². The Morgan fingerprint density at radius 2 is 2.17 bits per heavy atom. The zero-order valence-corrected chi connectivity index (χ0v) is 17.0. The van der Waals surface area contributed by atoms with E-state index in [-0.39, 0.29) is 17.7 Å². The van der Waals surface area contributed by atoms with Gasteiger partial charge in [-0.3, -0.25) is 14.7 Å². The molecule has 3 heterocycles. The summed E-state index contributed by atoms with van der Waals surface area (Å²) in [4.78, 5) is 30.6. The largest absolute Gasteiger partial charge is 0.495 e. The van der Waals surface area contributed by atoms with Crippen molar-refractivity contribution in [2.45, 2.75) is 45.1 Å². The molecule has 2 aromatic heterocycles. The third-order valence-electron chi connectivity index (χ3n) is 5.00. The first-order valence-electron chi connectivity index (χ1n) is 9.78. The van der Waals surface area contributed by atoms with Crippen molar-refractivity contribution in [3.05, 3.63) is 34.7 Å². The number of hydrogen-bond donors (Lipinski definition) is 2. The van der Waals surface area contributed by atoms with Crippen LogP contribution >= 0.6 is 0 Å². The zero-order valence-electron chi connectivity index (χ0n) is 17.0. The van der Waals surface area contributed by atoms with Crippen LogP contribution in [0.3, 0.4) is 0 Å². The van der Waals surface area contributed by atoms with Gasteiger partial charge in [0.2, 0.25) is 0 Å². The lowest BCUT2D eigenvalue weighted by Gasteiger charge is -2.36. The van der Waals surface area contributed by atoms with Crippen LogP contribution in [0.1, 0.15) is 20.3 Å². The standard InChI is InChI=1S/C20H28N4O5/c1-13(2)29-20(27)22-16-6-7-23(12-18(16)25)8-9-24-17-10-14(28-3)11-21-15(17)4-5-19(24)26/h4-5,10-11,13,16,18,25H,6-9,12H2,1-3H3,(H,22,27). The summed E-state index contributed by atoms with van der Waals surface area (Å²) >= 11 is 0. The number of carbonyl (C=O) groups excluding carboxylic acids is 1. The number of nitrogens with one attached hydrogen (secondary N) is 1. The fourth-order valence-corrected chi connectivity index (χ4v) is 3.50. The van der Waals surface area contributed by atoms with Crippen LogP contribution in [0.4, 0.5) is 4.79 Å². The average molecular weight is 404 g/mol. The molecule has 9 heteroatoms. The second-order valence-electron chi connectivity index (χ2n) is 7.46. The zero-order chi connectivity index (χ0) is 21.0. The quantitative estimate of drug-likeness (QED) is 0.739. The van der Waals surface area contributed by atoms with E-state index in [0.29, 0.717) is 43.9 Å². The number of nitrogens with zero attached hydrogens (tertiary/aromatic N) is 3. The van der Waals surface area contributed by atoms with Gasteiger partial charge >= 0.3 is 6.09 Å². The Balaban J connectivity index is 1.62. The van der Waals surface area contributed by atoms with Crippen molar-refractivity contribution >= 4 is 17.1 Å². The molecule has 1 fully saturated rings. The highest BCUT2D eigenvalue weighted by atomic mass is 16.6. The molecular formula is C20H28N4O5. The lowest BCUT2D eigenvalue weighted by Crippen LogP contribution is -2.54. The van der Waals surface area contributed by atoms with Crippen molar-refractivity contribution in [3.8, 4) is 5.75 Å². The number of piperidine rings is 1. The van der Waals surface area contributed by atoms with Gasteiger partial charge in [0, 0.05) is 38.3 Å². The van der Waals surface area contributed by atoms with Crippen LogP contribution in [0.2, 0.25) is 0 Å². The fourth-order valence-electron chi connectivity index (χ4n) is 3.50. The van der Waals surface area contributed by atoms with E-state index in [2.05, 4.69) is 15.2 Å². The topological polar surface area (TPSA) is 106 Å². The fraction of sp³-hybridized carbons (Fsp3) is 0.550. The number of β-amino-alcohol motifs (C(OH)–C–C–N with tert-alkyl or cyclic N) is 1. The molecule has 29 heavy (non-hydrogen) atoms. The molecule has 2 unspecified atom stereocenters. The number of rotatable bonds is 6. The molecule has 1 saturated heterocycles. The summed E-state index contributed by atoms with van der Waals surface area (Å²) in [5.74, 6) is 0.590. The number of methoxy groups -OCH3 is 1. The first-order valence-corrected chi connectivity index (χ1v) is 9.78. The van der Waals surface area contributed by atoms with Gasteiger partial charge in [-0.2, -0.15) is 0 Å². The predicted molar refractivity (Wildman–Crippen MR) is 108 cm³/mol. The van der Waals surface area contributed by atoms with Crippen molar-refractivity contribution in [1.29, 1.82) is 0 Å². The van der Waals surface area contributed by atoms with E-state index in [1.807, 2.05) is 0 Å². The number of amides is 1. The number of ether oxygens (including phenoxy) is 2. The molecular weight excluding hydrogens is 376 g/mol. The second-order valence-corrected chi connectivity index (χ2v) is 7.46. The Morgan fingerprint density at radius 3 is 2.86 bits per heavy atom. The molecule has 3 rings (SSSR count). The molecule has 1 aliphatic heterocycles. The maximum absolute atomic E-state index is 12.4. The van der Waals surface area contributed by atoms with Crippen LogP contribution in [0.25, 0.3) is 11.0 Å². The van der Waals surface area contributed by atoms with E-state index in [0.717, 1.165) is 5.52 Å². The number of aliphatic hydroxyl groups is 1. The molecule has 2 N–H and O–H groups in total. The molecule has 158 valence electrons. The molecule has 1 amide bonds. The molecule has 2 aromatic rings. The van der Waals surface area contributed by atoms with Crippen molar-refractivity contribution in [2.24, 2.45) is 0 Å². The van der Waals surface area contributed by atoms with E-state index in [1.54, 1.807) is 43.9 Å². The molecule has 2 atom stereocenters. The molecule has 0 spiro atoms. The summed E-state index contributed by atoms with van der Waals surface area (Å²) in [6.45, 7) is 5.72. The Morgan fingerprint density at radius 1 is 1.38 bits per heavy atom. The smallest absolute Gasteiger partial charge is 0.407 e. The number of aromatic nitrogens is 2. The van der Waals surface area contributed by atoms with E-state index in [1.165, 1.54) is 6.07 Å². The number of hydrogen-bond acceptors (Lipinski definition) is 7. The van der Waals surface area contributed by atoms with Gasteiger partial charge in [0.05, 0.1) is 42.6 Å². The number of pyridine rings is 2. The molecule has 0 saturated carbocycles. The van der Waals surface area contributed by atoms with Crippen molar-refractivity contribution in [3.63, 3.8) is 0 Å². The maximum atomic E-state index is 12.4. The Bertz CT molecular complexity index is 913. The monoisotopic (exact) mass is 404 g/mol. The number of alkyl carbamates (subject to hydrolysis) is 1. The third kappa shape index (κ3) is 5.24. The number of likely N-dealkylation sites (tertiary alicyclic amines) is 1. The average Bonchev–Trinajstić information content (AvgIpc) is 2.68. The molecule has 1 aliphatic rings. The van der Waals surface area contributed by atoms with Crippen LogP contribution in [0, 0.1) is 0 Å². The van der Waals surface area contributed by atoms with Crippen LogP contribution in [-0.2, 0) is 11.3 Å². The summed E-state index contributed by atoms with van der Waals surface area (Å²) < 4.78 is 12.0. The van der Waals surface area contributed by atoms with E-state index in [9.17, 15) is 14.7 Å². The van der Waals surface area contributed by atoms with E-state index in [4.69, 9.17) is 9.47 Å². The minimum atomic E-state index is -0.700. The van der Waals surface area contributed by atoms with Gasteiger partial charge in [-0.1, -0.05) is 0 Å². The Kier molecular flexibility index (Phi) is 6.71. The SMILES string of the molecule is COc1cnc2ccc(=O)n(CCN3CCC(NC(=O)OC(C)C)C(O)C3)c2c1. The molecule has 0 radical (unpaired) electrons. The van der Waals surface area contributed by atoms with Gasteiger partial charge in [-0.05, 0) is 26.3 Å². The van der Waals surface area contributed by atoms with Crippen molar-refractivity contribution < 1.29 is 19.4 Å². The lowest BCUT2D eigenvalue weighted by molar-refractivity contribution is 0.0334. The van der Waals surface area contributed by atoms with Gasteiger partial charge in [-0.15, -0.1) is 0 Å². The normalized spacial score (nSPS) is 20.0. The number of aliphatic hydroxyl groups excluding tert-OH is 1. The molecule has 0 bridgehead atoms. The van der Waals surface area contributed by atoms with E-state index >= 15 is 0 Å². The first-order chi connectivity index (χ1) is 13.9. The second kappa shape index (κ2) is 9.23. The Hall–Kier alpha value is -2.65. The summed E-state index contributed by atoms with van der Waals surface area (Å²) in [7, 11) is 1.56. The van der Waals surface area contributed by atoms with Gasteiger partial charge in [0.1, 0.15) is 5.75 Å². The minimum Gasteiger partial charge on any atom is -0.495 e. The third-order valence-corrected chi connectivity index (χ3v) is 5.00. The van der Waals surface area contributed by atoms with Gasteiger partial charge in [0.15, 0.2) is 0 Å². The van der Waals surface area contributed by atoms with Crippen molar-refractivity contribution in [2.75, 3.05) is 26.7 Å². The Labute approximate surface area is 169 Å². The van der Waals surface area contributed by atoms with Gasteiger partial charge in [-0.25, -0.2) is 4.79 Å². The maximum Gasteiger partial charge on any atom is 0.407 e. The summed E-state index contributed by atoms with van der Waals surface area (Å²) in [5, 5.41) is 13.1. The highest BCUT2D eigenvalue weighted by molar-refractivity contribution is 5.75. The van der Waals surface area contributed by atoms with Gasteiger partial charge in [0.25, 0.3) is 5.56 Å². The molecule has 0 aliphatic carbocycles. The summed E-state index contributed by atoms with van der Waals surface area (Å²) in [6, 6.07) is 4.67. The van der Waals surface area contributed by atoms with E-state index < -0.39 is 12.2 Å². The van der Waals surface area contributed by atoms with Crippen LogP contribution < -0.4 is 15.6 Å². The highest BCUT2D eigenvalue weighted by Gasteiger charge is 2.29. The van der Waals surface area contributed by atoms with Crippen LogP contribution in [0.5, 0.6) is 5.75 Å². The summed E-state index contributed by atoms with van der Waals surface area (Å²) in [5.41, 5.74) is 1.32. The molecule has 0 aromatic carbocycles. The van der Waals surface area contributed by atoms with Crippen LogP contribution in [0.15, 0.2) is 29.2 Å².